The first-order valence-electron chi connectivity index (χ1n) is 7.35. The summed E-state index contributed by atoms with van der Waals surface area (Å²) in [5, 5.41) is 5.85. The van der Waals surface area contributed by atoms with Gasteiger partial charge in [0.15, 0.2) is 5.13 Å². The van der Waals surface area contributed by atoms with Gasteiger partial charge in [0.05, 0.1) is 25.5 Å². The molecule has 0 spiro atoms. The quantitative estimate of drug-likeness (QED) is 0.701. The van der Waals surface area contributed by atoms with Gasteiger partial charge in [-0.25, -0.2) is 4.98 Å². The number of halogens is 1. The predicted molar refractivity (Wildman–Crippen MR) is 100 cm³/mol. The lowest BCUT2D eigenvalue weighted by molar-refractivity contribution is 0.102. The van der Waals surface area contributed by atoms with Crippen LogP contribution in [0.5, 0.6) is 11.5 Å². The summed E-state index contributed by atoms with van der Waals surface area (Å²) in [6.07, 6.45) is 0. The Morgan fingerprint density at radius 2 is 1.88 bits per heavy atom. The van der Waals surface area contributed by atoms with Gasteiger partial charge in [0.2, 0.25) is 0 Å². The zero-order valence-corrected chi connectivity index (χ0v) is 15.1. The topological polar surface area (TPSA) is 60.5 Å². The highest BCUT2D eigenvalue weighted by Gasteiger charge is 2.15. The van der Waals surface area contributed by atoms with Gasteiger partial charge in [0.1, 0.15) is 11.5 Å². The summed E-state index contributed by atoms with van der Waals surface area (Å²) >= 11 is 7.25. The molecule has 0 aliphatic heterocycles. The zero-order valence-electron chi connectivity index (χ0n) is 13.6. The van der Waals surface area contributed by atoms with Crippen molar-refractivity contribution in [3.63, 3.8) is 0 Å². The number of nitrogens with one attached hydrogen (secondary N) is 1. The second-order valence-electron chi connectivity index (χ2n) is 5.07. The SMILES string of the molecule is COc1ccc(C(=O)Nc2nc(-c3ccc(Cl)cc3)cs2)c(OC)c1. The van der Waals surface area contributed by atoms with Crippen molar-refractivity contribution >= 4 is 34.0 Å². The number of thiazole rings is 1. The van der Waals surface area contributed by atoms with Crippen LogP contribution < -0.4 is 14.8 Å². The molecular formula is C18H15ClN2O3S. The molecule has 1 amide bonds. The van der Waals surface area contributed by atoms with Crippen LogP contribution in [0.2, 0.25) is 5.02 Å². The van der Waals surface area contributed by atoms with Gasteiger partial charge in [-0.1, -0.05) is 23.7 Å². The molecule has 0 bridgehead atoms. The highest BCUT2D eigenvalue weighted by atomic mass is 35.5. The molecule has 0 aliphatic rings. The van der Waals surface area contributed by atoms with Crippen LogP contribution in [0, 0.1) is 0 Å². The third kappa shape index (κ3) is 3.92. The number of methoxy groups -OCH3 is 2. The van der Waals surface area contributed by atoms with Gasteiger partial charge in [-0.05, 0) is 24.3 Å². The Kier molecular flexibility index (Phi) is 5.21. The first-order chi connectivity index (χ1) is 12.1. The van der Waals surface area contributed by atoms with Gasteiger partial charge in [-0.3, -0.25) is 10.1 Å². The van der Waals surface area contributed by atoms with E-state index < -0.39 is 0 Å². The van der Waals surface area contributed by atoms with Crippen molar-refractivity contribution in [1.29, 1.82) is 0 Å². The summed E-state index contributed by atoms with van der Waals surface area (Å²) in [5.74, 6) is 0.760. The monoisotopic (exact) mass is 374 g/mol. The number of hydrogen-bond acceptors (Lipinski definition) is 5. The fourth-order valence-electron chi connectivity index (χ4n) is 2.23. The molecule has 0 atom stereocenters. The predicted octanol–water partition coefficient (Wildman–Crippen LogP) is 4.73. The molecule has 1 heterocycles. The van der Waals surface area contributed by atoms with Crippen molar-refractivity contribution in [2.45, 2.75) is 0 Å². The molecular weight excluding hydrogens is 360 g/mol. The highest BCUT2D eigenvalue weighted by molar-refractivity contribution is 7.14. The van der Waals surface area contributed by atoms with Crippen molar-refractivity contribution < 1.29 is 14.3 Å². The number of aromatic nitrogens is 1. The molecule has 0 aliphatic carbocycles. The number of nitrogens with zero attached hydrogens (tertiary/aromatic N) is 1. The Morgan fingerprint density at radius 3 is 2.56 bits per heavy atom. The molecule has 0 unspecified atom stereocenters. The van der Waals surface area contributed by atoms with Crippen molar-refractivity contribution in [2.24, 2.45) is 0 Å². The minimum absolute atomic E-state index is 0.295. The van der Waals surface area contributed by atoms with Gasteiger partial charge < -0.3 is 9.47 Å². The maximum Gasteiger partial charge on any atom is 0.261 e. The van der Waals surface area contributed by atoms with E-state index in [2.05, 4.69) is 10.3 Å². The number of carbonyl (C=O) groups excluding carboxylic acids is 1. The molecule has 7 heteroatoms. The van der Waals surface area contributed by atoms with Crippen LogP contribution in [0.1, 0.15) is 10.4 Å². The Balaban J connectivity index is 1.79. The third-order valence-corrected chi connectivity index (χ3v) is 4.53. The summed E-state index contributed by atoms with van der Waals surface area (Å²) in [4.78, 5) is 16.9. The van der Waals surface area contributed by atoms with E-state index >= 15 is 0 Å². The van der Waals surface area contributed by atoms with Gasteiger partial charge >= 0.3 is 0 Å². The van der Waals surface area contributed by atoms with Gasteiger partial charge in [-0.15, -0.1) is 11.3 Å². The summed E-state index contributed by atoms with van der Waals surface area (Å²) in [5.41, 5.74) is 2.12. The number of rotatable bonds is 5. The van der Waals surface area contributed by atoms with Gasteiger partial charge in [0.25, 0.3) is 5.91 Å². The smallest absolute Gasteiger partial charge is 0.261 e. The lowest BCUT2D eigenvalue weighted by Crippen LogP contribution is -2.13. The van der Waals surface area contributed by atoms with E-state index in [4.69, 9.17) is 21.1 Å². The van der Waals surface area contributed by atoms with Crippen LogP contribution in [-0.4, -0.2) is 25.1 Å². The first-order valence-corrected chi connectivity index (χ1v) is 8.61. The Morgan fingerprint density at radius 1 is 1.12 bits per heavy atom. The molecule has 0 saturated carbocycles. The minimum Gasteiger partial charge on any atom is -0.497 e. The molecule has 3 aromatic rings. The van der Waals surface area contributed by atoms with E-state index in [1.54, 1.807) is 37.4 Å². The molecule has 2 aromatic carbocycles. The number of hydrogen-bond donors (Lipinski definition) is 1. The molecule has 128 valence electrons. The number of anilines is 1. The van der Waals surface area contributed by atoms with Gasteiger partial charge in [-0.2, -0.15) is 0 Å². The van der Waals surface area contributed by atoms with E-state index in [1.807, 2.05) is 17.5 Å². The molecule has 0 fully saturated rings. The standard InChI is InChI=1S/C18H15ClN2O3S/c1-23-13-7-8-14(16(9-13)24-2)17(22)21-18-20-15(10-25-18)11-3-5-12(19)6-4-11/h3-10H,1-2H3,(H,20,21,22). The molecule has 0 saturated heterocycles. The van der Waals surface area contributed by atoms with Crippen LogP contribution >= 0.6 is 22.9 Å². The molecule has 1 N–H and O–H groups in total. The van der Waals surface area contributed by atoms with Crippen molar-refractivity contribution in [2.75, 3.05) is 19.5 Å². The molecule has 5 nitrogen and oxygen atoms in total. The second-order valence-corrected chi connectivity index (χ2v) is 6.36. The molecule has 25 heavy (non-hydrogen) atoms. The third-order valence-electron chi connectivity index (χ3n) is 3.52. The first kappa shape index (κ1) is 17.3. The summed E-state index contributed by atoms with van der Waals surface area (Å²) in [6.45, 7) is 0. The summed E-state index contributed by atoms with van der Waals surface area (Å²) in [7, 11) is 3.07. The number of ether oxygens (including phenoxy) is 2. The Bertz CT molecular complexity index is 894. The van der Waals surface area contributed by atoms with E-state index in [0.29, 0.717) is 27.2 Å². The number of carbonyl (C=O) groups is 1. The Labute approximate surface area is 154 Å². The van der Waals surface area contributed by atoms with Crippen LogP contribution in [0.3, 0.4) is 0 Å². The van der Waals surface area contributed by atoms with E-state index in [-0.39, 0.29) is 5.91 Å². The molecule has 1 aromatic heterocycles. The fraction of sp³-hybridized carbons (Fsp3) is 0.111. The molecule has 3 rings (SSSR count). The summed E-state index contributed by atoms with van der Waals surface area (Å²) in [6, 6.07) is 12.4. The van der Waals surface area contributed by atoms with E-state index in [9.17, 15) is 4.79 Å². The van der Waals surface area contributed by atoms with E-state index in [0.717, 1.165) is 11.3 Å². The van der Waals surface area contributed by atoms with Crippen molar-refractivity contribution in [3.05, 3.63) is 58.4 Å². The zero-order chi connectivity index (χ0) is 17.8. The summed E-state index contributed by atoms with van der Waals surface area (Å²) < 4.78 is 10.4. The largest absolute Gasteiger partial charge is 0.497 e. The normalized spacial score (nSPS) is 10.4. The van der Waals surface area contributed by atoms with Gasteiger partial charge in [0, 0.05) is 22.0 Å². The molecule has 0 radical (unpaired) electrons. The fourth-order valence-corrected chi connectivity index (χ4v) is 3.08. The van der Waals surface area contributed by atoms with Crippen molar-refractivity contribution in [3.8, 4) is 22.8 Å². The lowest BCUT2D eigenvalue weighted by Gasteiger charge is -2.09. The van der Waals surface area contributed by atoms with Crippen LogP contribution in [-0.2, 0) is 0 Å². The van der Waals surface area contributed by atoms with Crippen LogP contribution in [0.15, 0.2) is 47.8 Å². The number of benzene rings is 2. The number of amides is 1. The second kappa shape index (κ2) is 7.55. The lowest BCUT2D eigenvalue weighted by atomic mass is 10.2. The van der Waals surface area contributed by atoms with E-state index in [1.165, 1.54) is 18.4 Å². The van der Waals surface area contributed by atoms with Crippen molar-refractivity contribution in [1.82, 2.24) is 4.98 Å². The highest BCUT2D eigenvalue weighted by Crippen LogP contribution is 2.28. The van der Waals surface area contributed by atoms with Crippen LogP contribution in [0.4, 0.5) is 5.13 Å². The Hall–Kier alpha value is -2.57. The minimum atomic E-state index is -0.295. The maximum absolute atomic E-state index is 12.5. The maximum atomic E-state index is 12.5. The van der Waals surface area contributed by atoms with Crippen LogP contribution in [0.25, 0.3) is 11.3 Å². The average Bonchev–Trinajstić information content (AvgIpc) is 3.10. The average molecular weight is 375 g/mol.